The van der Waals surface area contributed by atoms with E-state index in [1.807, 2.05) is 18.2 Å². The Hall–Kier alpha value is -3.02. The fourth-order valence-electron chi connectivity index (χ4n) is 2.24. The van der Waals surface area contributed by atoms with Gasteiger partial charge < -0.3 is 10.6 Å². The third-order valence-electron chi connectivity index (χ3n) is 3.78. The van der Waals surface area contributed by atoms with Crippen molar-refractivity contribution in [3.63, 3.8) is 0 Å². The summed E-state index contributed by atoms with van der Waals surface area (Å²) in [5, 5.41) is 6.28. The van der Waals surface area contributed by atoms with Gasteiger partial charge >= 0.3 is 0 Å². The number of hydrogen-bond acceptors (Lipinski definition) is 5. The first-order valence-corrected chi connectivity index (χ1v) is 8.24. The summed E-state index contributed by atoms with van der Waals surface area (Å²) in [5.74, 6) is 0.653. The summed E-state index contributed by atoms with van der Waals surface area (Å²) in [4.78, 5) is 13.3. The molecule has 0 bridgehead atoms. The van der Waals surface area contributed by atoms with Crippen molar-refractivity contribution in [2.75, 3.05) is 10.6 Å². The Kier molecular flexibility index (Phi) is 5.18. The number of para-hydroxylation sites is 1. The maximum Gasteiger partial charge on any atom is 0.225 e. The highest BCUT2D eigenvalue weighted by Crippen LogP contribution is 2.24. The molecule has 0 aliphatic heterocycles. The van der Waals surface area contributed by atoms with Crippen LogP contribution in [0.25, 0.3) is 11.4 Å². The van der Waals surface area contributed by atoms with Crippen LogP contribution in [0.3, 0.4) is 0 Å². The summed E-state index contributed by atoms with van der Waals surface area (Å²) in [6, 6.07) is 14.1. The Morgan fingerprint density at radius 2 is 1.84 bits per heavy atom. The lowest BCUT2D eigenvalue weighted by atomic mass is 10.2. The van der Waals surface area contributed by atoms with Crippen LogP contribution in [0.5, 0.6) is 0 Å². The van der Waals surface area contributed by atoms with Crippen LogP contribution in [-0.4, -0.2) is 21.0 Å². The zero-order valence-electron chi connectivity index (χ0n) is 14.2. The molecule has 0 saturated carbocycles. The highest BCUT2D eigenvalue weighted by atomic mass is 19.1. The predicted octanol–water partition coefficient (Wildman–Crippen LogP) is 4.63. The minimum atomic E-state index is -0.336. The molecule has 3 aromatic rings. The van der Waals surface area contributed by atoms with Gasteiger partial charge in [-0.2, -0.15) is 4.98 Å². The van der Waals surface area contributed by atoms with Gasteiger partial charge in [-0.25, -0.2) is 9.37 Å². The Morgan fingerprint density at radius 3 is 2.56 bits per heavy atom. The average molecular weight is 337 g/mol. The van der Waals surface area contributed by atoms with Gasteiger partial charge in [0.05, 0.1) is 17.1 Å². The van der Waals surface area contributed by atoms with Gasteiger partial charge in [-0.3, -0.25) is 4.98 Å². The predicted molar refractivity (Wildman–Crippen MR) is 98.3 cm³/mol. The monoisotopic (exact) mass is 337 g/mol. The molecule has 0 radical (unpaired) electrons. The number of hydrogen-bond donors (Lipinski definition) is 2. The second-order valence-electron chi connectivity index (χ2n) is 5.74. The van der Waals surface area contributed by atoms with Gasteiger partial charge in [-0.05, 0) is 37.6 Å². The number of rotatable bonds is 6. The molecule has 3 rings (SSSR count). The highest BCUT2D eigenvalue weighted by molar-refractivity contribution is 5.65. The van der Waals surface area contributed by atoms with Gasteiger partial charge in [0.15, 0.2) is 0 Å². The minimum Gasteiger partial charge on any atom is -0.352 e. The van der Waals surface area contributed by atoms with Gasteiger partial charge in [0.25, 0.3) is 0 Å². The molecule has 1 aromatic carbocycles. The maximum absolute atomic E-state index is 13.9. The van der Waals surface area contributed by atoms with E-state index >= 15 is 0 Å². The number of pyridine rings is 1. The van der Waals surface area contributed by atoms with Gasteiger partial charge in [0.2, 0.25) is 5.95 Å². The standard InChI is InChI=1S/C19H20FN5/c1-3-13(2)22-19-24-17(16-10-6-7-11-21-16)12-18(25-19)23-15-9-5-4-8-14(15)20/h4-13H,3H2,1-2H3,(H2,22,23,24,25)/t13-/m1/s1. The quantitative estimate of drug-likeness (QED) is 0.686. The van der Waals surface area contributed by atoms with E-state index < -0.39 is 0 Å². The normalized spacial score (nSPS) is 11.8. The number of benzene rings is 1. The van der Waals surface area contributed by atoms with Crippen molar-refractivity contribution in [1.82, 2.24) is 15.0 Å². The van der Waals surface area contributed by atoms with Crippen molar-refractivity contribution in [2.24, 2.45) is 0 Å². The van der Waals surface area contributed by atoms with E-state index in [4.69, 9.17) is 0 Å². The first-order chi connectivity index (χ1) is 12.2. The summed E-state index contributed by atoms with van der Waals surface area (Å²) in [7, 11) is 0. The summed E-state index contributed by atoms with van der Waals surface area (Å²) in [6.07, 6.45) is 2.65. The van der Waals surface area contributed by atoms with Crippen molar-refractivity contribution in [3.05, 3.63) is 60.5 Å². The molecular formula is C19H20FN5. The Balaban J connectivity index is 1.99. The lowest BCUT2D eigenvalue weighted by Crippen LogP contribution is -2.16. The van der Waals surface area contributed by atoms with Crippen LogP contribution in [0.4, 0.5) is 21.8 Å². The summed E-state index contributed by atoms with van der Waals surface area (Å²) in [5.41, 5.74) is 1.76. The Morgan fingerprint density at radius 1 is 1.04 bits per heavy atom. The molecule has 0 fully saturated rings. The third kappa shape index (κ3) is 4.29. The average Bonchev–Trinajstić information content (AvgIpc) is 2.64. The van der Waals surface area contributed by atoms with E-state index in [9.17, 15) is 4.39 Å². The van der Waals surface area contributed by atoms with Crippen LogP contribution in [-0.2, 0) is 0 Å². The zero-order valence-corrected chi connectivity index (χ0v) is 14.2. The Labute approximate surface area is 146 Å². The van der Waals surface area contributed by atoms with E-state index in [1.54, 1.807) is 30.5 Å². The van der Waals surface area contributed by atoms with Gasteiger partial charge in [0, 0.05) is 18.3 Å². The maximum atomic E-state index is 13.9. The van der Waals surface area contributed by atoms with Crippen molar-refractivity contribution in [2.45, 2.75) is 26.3 Å². The molecule has 25 heavy (non-hydrogen) atoms. The molecule has 0 amide bonds. The molecule has 0 aliphatic rings. The van der Waals surface area contributed by atoms with Crippen LogP contribution in [0, 0.1) is 5.82 Å². The number of anilines is 3. The van der Waals surface area contributed by atoms with Crippen LogP contribution in [0.1, 0.15) is 20.3 Å². The van der Waals surface area contributed by atoms with E-state index in [0.717, 1.165) is 12.1 Å². The molecule has 2 heterocycles. The molecule has 2 aromatic heterocycles. The molecule has 2 N–H and O–H groups in total. The first kappa shape index (κ1) is 16.8. The van der Waals surface area contributed by atoms with Crippen LogP contribution in [0.2, 0.25) is 0 Å². The first-order valence-electron chi connectivity index (χ1n) is 8.24. The molecule has 0 unspecified atom stereocenters. The molecule has 0 spiro atoms. The molecular weight excluding hydrogens is 317 g/mol. The molecule has 0 aliphatic carbocycles. The molecule has 0 saturated heterocycles. The Bertz CT molecular complexity index is 838. The van der Waals surface area contributed by atoms with Crippen molar-refractivity contribution >= 4 is 17.5 Å². The number of aromatic nitrogens is 3. The lowest BCUT2D eigenvalue weighted by Gasteiger charge is -2.14. The second kappa shape index (κ2) is 7.70. The largest absolute Gasteiger partial charge is 0.352 e. The summed E-state index contributed by atoms with van der Waals surface area (Å²) < 4.78 is 13.9. The fraction of sp³-hybridized carbons (Fsp3) is 0.211. The highest BCUT2D eigenvalue weighted by Gasteiger charge is 2.11. The third-order valence-corrected chi connectivity index (χ3v) is 3.78. The number of nitrogens with one attached hydrogen (secondary N) is 2. The second-order valence-corrected chi connectivity index (χ2v) is 5.74. The summed E-state index contributed by atoms with van der Waals surface area (Å²) in [6.45, 7) is 4.14. The smallest absolute Gasteiger partial charge is 0.225 e. The molecule has 128 valence electrons. The van der Waals surface area contributed by atoms with Crippen molar-refractivity contribution < 1.29 is 4.39 Å². The SMILES string of the molecule is CC[C@@H](C)Nc1nc(Nc2ccccc2F)cc(-c2ccccn2)n1. The van der Waals surface area contributed by atoms with Crippen molar-refractivity contribution in [3.8, 4) is 11.4 Å². The summed E-state index contributed by atoms with van der Waals surface area (Å²) >= 11 is 0. The number of nitrogens with zero attached hydrogens (tertiary/aromatic N) is 3. The van der Waals surface area contributed by atoms with E-state index in [1.165, 1.54) is 6.07 Å². The van der Waals surface area contributed by atoms with E-state index in [-0.39, 0.29) is 11.9 Å². The minimum absolute atomic E-state index is 0.222. The van der Waals surface area contributed by atoms with Gasteiger partial charge in [-0.1, -0.05) is 25.1 Å². The topological polar surface area (TPSA) is 62.7 Å². The van der Waals surface area contributed by atoms with Gasteiger partial charge in [-0.15, -0.1) is 0 Å². The zero-order chi connectivity index (χ0) is 17.6. The number of halogens is 1. The fourth-order valence-corrected chi connectivity index (χ4v) is 2.24. The molecule has 6 heteroatoms. The van der Waals surface area contributed by atoms with E-state index in [2.05, 4.69) is 39.4 Å². The van der Waals surface area contributed by atoms with Crippen molar-refractivity contribution in [1.29, 1.82) is 0 Å². The van der Waals surface area contributed by atoms with Crippen LogP contribution in [0.15, 0.2) is 54.7 Å². The van der Waals surface area contributed by atoms with Crippen LogP contribution < -0.4 is 10.6 Å². The van der Waals surface area contributed by atoms with E-state index in [0.29, 0.717) is 23.1 Å². The van der Waals surface area contributed by atoms with Gasteiger partial charge in [0.1, 0.15) is 11.6 Å². The van der Waals surface area contributed by atoms with Crippen LogP contribution >= 0.6 is 0 Å². The lowest BCUT2D eigenvalue weighted by molar-refractivity contribution is 0.632. The molecule has 1 atom stereocenters. The molecule has 5 nitrogen and oxygen atoms in total.